The molecule has 112 valence electrons. The van der Waals surface area contributed by atoms with Crippen molar-refractivity contribution in [3.05, 3.63) is 0 Å². The zero-order chi connectivity index (χ0) is 14.3. The maximum Gasteiger partial charge on any atom is 0.238 e. The van der Waals surface area contributed by atoms with E-state index in [1.54, 1.807) is 0 Å². The third kappa shape index (κ3) is 4.67. The number of carbonyl (C=O) groups is 1. The average Bonchev–Trinajstić information content (AvgIpc) is 2.76. The summed E-state index contributed by atoms with van der Waals surface area (Å²) in [5.41, 5.74) is 5.29. The van der Waals surface area contributed by atoms with Crippen molar-refractivity contribution in [3.63, 3.8) is 0 Å². The van der Waals surface area contributed by atoms with Gasteiger partial charge in [-0.1, -0.05) is 27.2 Å². The van der Waals surface area contributed by atoms with Gasteiger partial charge < -0.3 is 11.1 Å². The first kappa shape index (κ1) is 16.8. The molecule has 0 aromatic rings. The van der Waals surface area contributed by atoms with Gasteiger partial charge in [0.15, 0.2) is 0 Å². The fourth-order valence-electron chi connectivity index (χ4n) is 3.01. The minimum absolute atomic E-state index is 0.141. The van der Waals surface area contributed by atoms with Crippen molar-refractivity contribution >= 4 is 17.7 Å². The minimum atomic E-state index is -0.422. The summed E-state index contributed by atoms with van der Waals surface area (Å²) in [7, 11) is 0. The van der Waals surface area contributed by atoms with Gasteiger partial charge in [0.25, 0.3) is 0 Å². The number of rotatable bonds is 9. The highest BCUT2D eigenvalue weighted by Gasteiger charge is 2.46. The Morgan fingerprint density at radius 2 is 2.26 bits per heavy atom. The van der Waals surface area contributed by atoms with Crippen LogP contribution in [0.5, 0.6) is 0 Å². The highest BCUT2D eigenvalue weighted by atomic mass is 32.2. The van der Waals surface area contributed by atoms with Gasteiger partial charge >= 0.3 is 0 Å². The molecule has 1 amide bonds. The van der Waals surface area contributed by atoms with Crippen LogP contribution in [0.15, 0.2) is 0 Å². The largest absolute Gasteiger partial charge is 0.368 e. The highest BCUT2D eigenvalue weighted by molar-refractivity contribution is 7.99. The van der Waals surface area contributed by atoms with Crippen molar-refractivity contribution in [2.45, 2.75) is 58.4 Å². The van der Waals surface area contributed by atoms with E-state index >= 15 is 0 Å². The summed E-state index contributed by atoms with van der Waals surface area (Å²) in [6, 6.07) is 0. The normalized spacial score (nSPS) is 27.1. The lowest BCUT2D eigenvalue weighted by atomic mass is 9.84. The smallest absolute Gasteiger partial charge is 0.238 e. The molecule has 0 bridgehead atoms. The molecule has 1 saturated carbocycles. The number of amides is 1. The number of nitrogens with two attached hydrogens (primary N) is 1. The molecular formula is C15H30N2OS. The van der Waals surface area contributed by atoms with E-state index in [1.165, 1.54) is 5.75 Å². The summed E-state index contributed by atoms with van der Waals surface area (Å²) in [6.45, 7) is 7.51. The van der Waals surface area contributed by atoms with Crippen LogP contribution >= 0.6 is 11.8 Å². The lowest BCUT2D eigenvalue weighted by Crippen LogP contribution is -2.58. The lowest BCUT2D eigenvalue weighted by molar-refractivity contribution is -0.126. The molecule has 0 aliphatic heterocycles. The molecule has 1 rings (SSSR count). The van der Waals surface area contributed by atoms with Gasteiger partial charge in [-0.25, -0.2) is 0 Å². The summed E-state index contributed by atoms with van der Waals surface area (Å²) in [6.07, 6.45) is 5.34. The topological polar surface area (TPSA) is 55.1 Å². The second-order valence-corrected chi connectivity index (χ2v) is 7.26. The summed E-state index contributed by atoms with van der Waals surface area (Å²) in [5, 5.41) is 3.46. The Morgan fingerprint density at radius 3 is 2.84 bits per heavy atom. The second-order valence-electron chi connectivity index (χ2n) is 6.11. The standard InChI is InChI=1S/C15H30N2OS/c1-4-9-17-15(14(16)18)8-5-6-13(15)7-10-19-11-12(2)3/h12-13,17H,4-11H2,1-3H3,(H2,16,18). The van der Waals surface area contributed by atoms with E-state index in [9.17, 15) is 4.79 Å². The van der Waals surface area contributed by atoms with E-state index < -0.39 is 5.54 Å². The quantitative estimate of drug-likeness (QED) is 0.641. The van der Waals surface area contributed by atoms with Gasteiger partial charge in [0.1, 0.15) is 5.54 Å². The minimum Gasteiger partial charge on any atom is -0.368 e. The first-order chi connectivity index (χ1) is 9.03. The Hall–Kier alpha value is -0.220. The second kappa shape index (κ2) is 8.15. The molecule has 1 fully saturated rings. The Morgan fingerprint density at radius 1 is 1.53 bits per heavy atom. The van der Waals surface area contributed by atoms with Crippen LogP contribution in [0.25, 0.3) is 0 Å². The van der Waals surface area contributed by atoms with E-state index in [4.69, 9.17) is 5.73 Å². The Balaban J connectivity index is 2.51. The van der Waals surface area contributed by atoms with Gasteiger partial charge in [-0.2, -0.15) is 11.8 Å². The van der Waals surface area contributed by atoms with Crippen molar-refractivity contribution in [2.24, 2.45) is 17.6 Å². The van der Waals surface area contributed by atoms with Crippen LogP contribution in [-0.4, -0.2) is 29.5 Å². The molecule has 3 nitrogen and oxygen atoms in total. The van der Waals surface area contributed by atoms with Crippen molar-refractivity contribution < 1.29 is 4.79 Å². The molecule has 0 aromatic heterocycles. The maximum atomic E-state index is 11.9. The first-order valence-corrected chi connectivity index (χ1v) is 8.81. The molecule has 0 aromatic carbocycles. The van der Waals surface area contributed by atoms with Gasteiger partial charge in [0.2, 0.25) is 5.91 Å². The Labute approximate surface area is 122 Å². The van der Waals surface area contributed by atoms with Crippen LogP contribution in [0, 0.1) is 11.8 Å². The molecule has 0 radical (unpaired) electrons. The molecule has 1 aliphatic carbocycles. The number of thioether (sulfide) groups is 1. The van der Waals surface area contributed by atoms with Gasteiger partial charge in [0.05, 0.1) is 0 Å². The van der Waals surface area contributed by atoms with Crippen molar-refractivity contribution in [1.82, 2.24) is 5.32 Å². The molecule has 2 atom stereocenters. The molecule has 0 spiro atoms. The maximum absolute atomic E-state index is 11.9. The average molecular weight is 286 g/mol. The molecule has 0 saturated heterocycles. The monoisotopic (exact) mass is 286 g/mol. The van der Waals surface area contributed by atoms with E-state index in [-0.39, 0.29) is 5.91 Å². The lowest BCUT2D eigenvalue weighted by Gasteiger charge is -2.33. The van der Waals surface area contributed by atoms with Gasteiger partial charge in [-0.3, -0.25) is 4.79 Å². The molecule has 2 unspecified atom stereocenters. The number of hydrogen-bond acceptors (Lipinski definition) is 3. The molecule has 3 N–H and O–H groups in total. The van der Waals surface area contributed by atoms with Crippen molar-refractivity contribution in [2.75, 3.05) is 18.1 Å². The molecule has 1 aliphatic rings. The Kier molecular flexibility index (Phi) is 7.22. The van der Waals surface area contributed by atoms with Gasteiger partial charge in [-0.05, 0) is 55.6 Å². The van der Waals surface area contributed by atoms with Crippen LogP contribution in [0.4, 0.5) is 0 Å². The summed E-state index contributed by atoms with van der Waals surface area (Å²) < 4.78 is 0. The SMILES string of the molecule is CCCNC1(C(N)=O)CCCC1CCSCC(C)C. The first-order valence-electron chi connectivity index (χ1n) is 7.65. The number of carbonyl (C=O) groups excluding carboxylic acids is 1. The van der Waals surface area contributed by atoms with Crippen LogP contribution in [0.1, 0.15) is 52.9 Å². The van der Waals surface area contributed by atoms with Gasteiger partial charge in [0, 0.05) is 0 Å². The van der Waals surface area contributed by atoms with E-state index in [0.717, 1.165) is 50.3 Å². The molecule has 0 heterocycles. The molecular weight excluding hydrogens is 256 g/mol. The van der Waals surface area contributed by atoms with E-state index in [1.807, 2.05) is 11.8 Å². The van der Waals surface area contributed by atoms with Crippen LogP contribution < -0.4 is 11.1 Å². The zero-order valence-electron chi connectivity index (χ0n) is 12.7. The summed E-state index contributed by atoms with van der Waals surface area (Å²) >= 11 is 2.00. The fraction of sp³-hybridized carbons (Fsp3) is 0.933. The fourth-order valence-corrected chi connectivity index (χ4v) is 4.09. The van der Waals surface area contributed by atoms with Crippen LogP contribution in [0.2, 0.25) is 0 Å². The van der Waals surface area contributed by atoms with Crippen molar-refractivity contribution in [3.8, 4) is 0 Å². The van der Waals surface area contributed by atoms with E-state index in [2.05, 4.69) is 26.1 Å². The molecule has 19 heavy (non-hydrogen) atoms. The zero-order valence-corrected chi connectivity index (χ0v) is 13.5. The van der Waals surface area contributed by atoms with Crippen molar-refractivity contribution in [1.29, 1.82) is 0 Å². The number of hydrogen-bond donors (Lipinski definition) is 2. The van der Waals surface area contributed by atoms with Crippen LogP contribution in [0.3, 0.4) is 0 Å². The van der Waals surface area contributed by atoms with E-state index in [0.29, 0.717) is 5.92 Å². The Bertz CT molecular complexity index is 283. The molecule has 4 heteroatoms. The van der Waals surface area contributed by atoms with Gasteiger partial charge in [-0.15, -0.1) is 0 Å². The van der Waals surface area contributed by atoms with Crippen LogP contribution in [-0.2, 0) is 4.79 Å². The third-order valence-corrected chi connectivity index (χ3v) is 5.44. The number of primary amides is 1. The predicted molar refractivity (Wildman–Crippen MR) is 84.3 cm³/mol. The predicted octanol–water partition coefficient (Wildman–Crippen LogP) is 2.79. The summed E-state index contributed by atoms with van der Waals surface area (Å²) in [5.74, 6) is 3.38. The number of nitrogens with one attached hydrogen (secondary N) is 1. The summed E-state index contributed by atoms with van der Waals surface area (Å²) in [4.78, 5) is 11.9. The third-order valence-electron chi connectivity index (χ3n) is 4.01. The highest BCUT2D eigenvalue weighted by Crippen LogP contribution is 2.38.